The predicted octanol–water partition coefficient (Wildman–Crippen LogP) is -0.258. The van der Waals surface area contributed by atoms with Crippen molar-refractivity contribution in [2.45, 2.75) is 0 Å². The third-order valence-electron chi connectivity index (χ3n) is 0.0999. The average Bonchev–Trinajstić information content (AvgIpc) is 1.35. The number of nitriles is 1. The standard InChI is InChI=1S/CN.Fe.NO2/c1-2;;2-1-3. The summed E-state index contributed by atoms with van der Waals surface area (Å²) in [4.78, 5) is 10.6. The first-order valence-corrected chi connectivity index (χ1v) is 1.97. The molecule has 0 aromatic heterocycles. The van der Waals surface area contributed by atoms with Crippen LogP contribution in [0.1, 0.15) is 0 Å². The number of hydrogen-bond donors (Lipinski definition) is 0. The molecule has 0 saturated carbocycles. The Balaban J connectivity index is 3.13. The van der Waals surface area contributed by atoms with E-state index in [1.165, 1.54) is 4.97 Å². The van der Waals surface area contributed by atoms with Crippen molar-refractivity contribution < 1.29 is 19.1 Å². The van der Waals surface area contributed by atoms with Crippen molar-refractivity contribution in [2.75, 3.05) is 0 Å². The van der Waals surface area contributed by atoms with Gasteiger partial charge in [-0.15, -0.1) is 0 Å². The summed E-state index contributed by atoms with van der Waals surface area (Å²) < 4.78 is -0.681. The summed E-state index contributed by atoms with van der Waals surface area (Å²) in [7, 11) is 0. The zero-order valence-corrected chi connectivity index (χ0v) is 3.67. The summed E-state index contributed by atoms with van der Waals surface area (Å²) in [6, 6.07) is 0. The van der Waals surface area contributed by atoms with Crippen LogP contribution in [-0.4, -0.2) is 3.94 Å². The maximum atomic E-state index is 9.18. The first-order valence-electron chi connectivity index (χ1n) is 0.924. The number of nitrogens with zero attached hydrogens (tertiary/aromatic N) is 2. The monoisotopic (exact) mass is 128 g/mol. The van der Waals surface area contributed by atoms with Crippen molar-refractivity contribution in [3.8, 4) is 4.97 Å². The molecule has 5 heteroatoms. The van der Waals surface area contributed by atoms with Crippen LogP contribution in [0.4, 0.5) is 0 Å². The molecular formula is CFeN2O2. The van der Waals surface area contributed by atoms with E-state index in [-0.39, 0.29) is 0 Å². The molecule has 0 aromatic carbocycles. The van der Waals surface area contributed by atoms with Crippen molar-refractivity contribution >= 4 is 0 Å². The number of rotatable bonds is 1. The van der Waals surface area contributed by atoms with Crippen molar-refractivity contribution in [1.82, 2.24) is 0 Å². The first kappa shape index (κ1) is 5.41. The Morgan fingerprint density at radius 1 is 2.00 bits per heavy atom. The minimum atomic E-state index is -0.681. The van der Waals surface area contributed by atoms with E-state index in [0.717, 1.165) is 0 Å². The average molecular weight is 128 g/mol. The maximum absolute atomic E-state index is 9.18. The predicted molar refractivity (Wildman–Crippen MR) is 12.6 cm³/mol. The van der Waals surface area contributed by atoms with Gasteiger partial charge >= 0.3 is 39.5 Å². The molecule has 0 spiro atoms. The third kappa shape index (κ3) is 3.41. The number of hydrogen-bond acceptors (Lipinski definition) is 3. The molecule has 0 aliphatic rings. The van der Waals surface area contributed by atoms with Crippen LogP contribution in [0.25, 0.3) is 0 Å². The molecule has 0 atom stereocenters. The molecule has 0 aliphatic carbocycles. The second kappa shape index (κ2) is 2.64. The van der Waals surface area contributed by atoms with Crippen LogP contribution in [0.5, 0.6) is 0 Å². The molecule has 0 saturated heterocycles. The Morgan fingerprint density at radius 2 is 2.50 bits per heavy atom. The SMILES string of the molecule is N#[C][Fe][N+](=O)[O-]. The second-order valence-electron chi connectivity index (χ2n) is 0.362. The van der Waals surface area contributed by atoms with Crippen molar-refractivity contribution in [2.24, 2.45) is 0 Å². The van der Waals surface area contributed by atoms with E-state index >= 15 is 0 Å². The topological polar surface area (TPSA) is 66.9 Å². The second-order valence-corrected chi connectivity index (χ2v) is 1.26. The first-order chi connectivity index (χ1) is 2.77. The molecule has 0 amide bonds. The molecule has 4 nitrogen and oxygen atoms in total. The molecule has 0 heterocycles. The van der Waals surface area contributed by atoms with Gasteiger partial charge in [0.05, 0.1) is 0 Å². The van der Waals surface area contributed by atoms with Gasteiger partial charge in [-0.2, -0.15) is 0 Å². The molecule has 0 unspecified atom stereocenters. The zero-order valence-electron chi connectivity index (χ0n) is 2.56. The molecule has 0 aromatic rings. The van der Waals surface area contributed by atoms with E-state index in [9.17, 15) is 10.1 Å². The molecular weight excluding hydrogens is 128 g/mol. The Bertz CT molecular complexity index is 94.2. The Hall–Kier alpha value is -0.591. The van der Waals surface area contributed by atoms with Crippen LogP contribution in [0, 0.1) is 20.3 Å². The Kier molecular flexibility index (Phi) is 2.38. The van der Waals surface area contributed by atoms with E-state index < -0.39 is 19.1 Å². The fraction of sp³-hybridized carbons (Fsp3) is 0. The normalized spacial score (nSPS) is 7.17. The fourth-order valence-corrected chi connectivity index (χ4v) is 0.119. The van der Waals surface area contributed by atoms with Crippen molar-refractivity contribution in [1.29, 1.82) is 5.26 Å². The van der Waals surface area contributed by atoms with Crippen molar-refractivity contribution in [3.05, 3.63) is 10.1 Å². The Labute approximate surface area is 40.3 Å². The van der Waals surface area contributed by atoms with Gasteiger partial charge in [0.1, 0.15) is 0 Å². The van der Waals surface area contributed by atoms with Crippen molar-refractivity contribution in [3.63, 3.8) is 0 Å². The minimum absolute atomic E-state index is 0.597. The van der Waals surface area contributed by atoms with Gasteiger partial charge in [0.15, 0.2) is 0 Å². The summed E-state index contributed by atoms with van der Waals surface area (Å²) in [5.74, 6) is 0. The van der Waals surface area contributed by atoms with Gasteiger partial charge in [-0.05, 0) is 0 Å². The fourth-order valence-electron chi connectivity index (χ4n) is 0.0289. The van der Waals surface area contributed by atoms with E-state index in [4.69, 9.17) is 5.26 Å². The quantitative estimate of drug-likeness (QED) is 0.277. The molecule has 0 radical (unpaired) electrons. The molecule has 0 N–H and O–H groups in total. The third-order valence-corrected chi connectivity index (χ3v) is 0.412. The van der Waals surface area contributed by atoms with Gasteiger partial charge in [0, 0.05) is 0 Å². The van der Waals surface area contributed by atoms with Gasteiger partial charge in [0.2, 0.25) is 0 Å². The molecule has 0 bridgehead atoms. The van der Waals surface area contributed by atoms with Crippen LogP contribution in [-0.2, 0) is 15.2 Å². The van der Waals surface area contributed by atoms with Crippen LogP contribution in [0.15, 0.2) is 0 Å². The van der Waals surface area contributed by atoms with E-state index in [1.54, 1.807) is 0 Å². The molecule has 6 heavy (non-hydrogen) atoms. The van der Waals surface area contributed by atoms with E-state index in [0.29, 0.717) is 0 Å². The van der Waals surface area contributed by atoms with Crippen LogP contribution >= 0.6 is 0 Å². The van der Waals surface area contributed by atoms with Gasteiger partial charge in [-0.1, -0.05) is 0 Å². The number of nitro groups is 1. The van der Waals surface area contributed by atoms with Gasteiger partial charge in [0.25, 0.3) is 0 Å². The summed E-state index contributed by atoms with van der Waals surface area (Å²) in [5.41, 5.74) is 0. The van der Waals surface area contributed by atoms with E-state index in [1.807, 2.05) is 0 Å². The van der Waals surface area contributed by atoms with Crippen LogP contribution in [0.3, 0.4) is 0 Å². The molecule has 0 rings (SSSR count). The summed E-state index contributed by atoms with van der Waals surface area (Å²) in [5, 5.41) is 16.7. The summed E-state index contributed by atoms with van der Waals surface area (Å²) >= 11 is -0.597. The summed E-state index contributed by atoms with van der Waals surface area (Å²) in [6.45, 7) is 0. The van der Waals surface area contributed by atoms with Gasteiger partial charge in [-0.25, -0.2) is 0 Å². The van der Waals surface area contributed by atoms with Crippen LogP contribution < -0.4 is 0 Å². The van der Waals surface area contributed by atoms with Gasteiger partial charge in [-0.3, -0.25) is 0 Å². The van der Waals surface area contributed by atoms with Gasteiger partial charge < -0.3 is 0 Å². The Morgan fingerprint density at radius 3 is 2.50 bits per heavy atom. The molecule has 34 valence electrons. The molecule has 0 aliphatic heterocycles. The summed E-state index contributed by atoms with van der Waals surface area (Å²) in [6.07, 6.45) is 0. The van der Waals surface area contributed by atoms with E-state index in [2.05, 4.69) is 0 Å². The zero-order chi connectivity index (χ0) is 4.99. The molecule has 0 fully saturated rings. The van der Waals surface area contributed by atoms with Crippen LogP contribution in [0.2, 0.25) is 0 Å².